The molecule has 1 aromatic carbocycles. The molecule has 0 spiro atoms. The minimum absolute atomic E-state index is 0.166. The van der Waals surface area contributed by atoms with Crippen LogP contribution in [0.2, 0.25) is 0 Å². The maximum atomic E-state index is 11.0. The van der Waals surface area contributed by atoms with Crippen LogP contribution in [0.3, 0.4) is 0 Å². The van der Waals surface area contributed by atoms with E-state index in [0.717, 1.165) is 10.5 Å². The molecular formula is C17H28O2S4. The van der Waals surface area contributed by atoms with Gasteiger partial charge in [-0.2, -0.15) is 0 Å². The fourth-order valence-electron chi connectivity index (χ4n) is 1.31. The number of aromatic carboxylic acids is 1. The highest BCUT2D eigenvalue weighted by Gasteiger charge is 2.13. The minimum Gasteiger partial charge on any atom is -0.478 e. The summed E-state index contributed by atoms with van der Waals surface area (Å²) in [5.74, 6) is -0.860. The van der Waals surface area contributed by atoms with Gasteiger partial charge in [0.2, 0.25) is 0 Å². The minimum atomic E-state index is -0.860. The van der Waals surface area contributed by atoms with Crippen molar-refractivity contribution in [2.45, 2.75) is 62.9 Å². The summed E-state index contributed by atoms with van der Waals surface area (Å²) in [5.41, 5.74) is 1.19. The summed E-state index contributed by atoms with van der Waals surface area (Å²) >= 11 is 0. The molecular weight excluding hydrogens is 364 g/mol. The van der Waals surface area contributed by atoms with Crippen molar-refractivity contribution in [3.63, 3.8) is 0 Å². The predicted molar refractivity (Wildman–Crippen MR) is 112 cm³/mol. The van der Waals surface area contributed by atoms with E-state index in [1.54, 1.807) is 27.7 Å². The summed E-state index contributed by atoms with van der Waals surface area (Å²) in [6.45, 7) is 14.9. The molecule has 0 aliphatic heterocycles. The third-order valence-corrected chi connectivity index (χ3v) is 8.18. The van der Waals surface area contributed by atoms with E-state index in [2.05, 4.69) is 47.8 Å². The number of hydrogen-bond donors (Lipinski definition) is 1. The molecule has 0 saturated carbocycles. The molecule has 0 saturated heterocycles. The van der Waals surface area contributed by atoms with Crippen molar-refractivity contribution < 1.29 is 9.90 Å². The SMILES string of the molecule is CSSC(C)(C)C.Cc1ccc(SSC(C)(C)C)cc1C(=O)O. The molecule has 0 aliphatic rings. The summed E-state index contributed by atoms with van der Waals surface area (Å²) in [5, 5.41) is 9.00. The molecule has 0 fully saturated rings. The summed E-state index contributed by atoms with van der Waals surface area (Å²) in [6, 6.07) is 5.56. The molecule has 6 heteroatoms. The third-order valence-electron chi connectivity index (χ3n) is 2.16. The first-order chi connectivity index (χ1) is 10.4. The first-order valence-electron chi connectivity index (χ1n) is 7.27. The van der Waals surface area contributed by atoms with Crippen LogP contribution in [0.5, 0.6) is 0 Å². The number of aryl methyl sites for hydroxylation is 1. The van der Waals surface area contributed by atoms with Crippen molar-refractivity contribution in [1.82, 2.24) is 0 Å². The Morgan fingerprint density at radius 3 is 1.87 bits per heavy atom. The van der Waals surface area contributed by atoms with Crippen LogP contribution in [0.1, 0.15) is 57.5 Å². The molecule has 0 heterocycles. The van der Waals surface area contributed by atoms with Crippen LogP contribution in [0.25, 0.3) is 0 Å². The van der Waals surface area contributed by atoms with Gasteiger partial charge in [0.1, 0.15) is 0 Å². The molecule has 0 aliphatic carbocycles. The van der Waals surface area contributed by atoms with Crippen LogP contribution in [0.4, 0.5) is 0 Å². The van der Waals surface area contributed by atoms with Crippen LogP contribution in [-0.2, 0) is 0 Å². The molecule has 1 aromatic rings. The van der Waals surface area contributed by atoms with Crippen molar-refractivity contribution in [3.05, 3.63) is 29.3 Å². The van der Waals surface area contributed by atoms with Gasteiger partial charge in [0.25, 0.3) is 0 Å². The zero-order valence-corrected chi connectivity index (χ0v) is 18.5. The van der Waals surface area contributed by atoms with Gasteiger partial charge >= 0.3 is 5.97 Å². The first kappa shape index (κ1) is 23.1. The average molecular weight is 393 g/mol. The smallest absolute Gasteiger partial charge is 0.335 e. The van der Waals surface area contributed by atoms with E-state index < -0.39 is 5.97 Å². The van der Waals surface area contributed by atoms with Gasteiger partial charge in [-0.05, 0) is 30.9 Å². The Balaban J connectivity index is 0.000000585. The second kappa shape index (κ2) is 10.2. The highest BCUT2D eigenvalue weighted by atomic mass is 33.1. The number of carboxylic acid groups (broad SMARTS) is 1. The fourth-order valence-corrected chi connectivity index (χ4v) is 5.29. The van der Waals surface area contributed by atoms with Gasteiger partial charge in [-0.25, -0.2) is 4.79 Å². The van der Waals surface area contributed by atoms with E-state index in [0.29, 0.717) is 10.3 Å². The maximum absolute atomic E-state index is 11.0. The standard InChI is InChI=1S/C12H16O2S2.C5H12S2/c1-8-5-6-9(7-10(8)11(13)14)15-16-12(2,3)4;1-5(2,3)7-6-4/h5-7H,1-4H3,(H,13,14);1-4H3. The lowest BCUT2D eigenvalue weighted by Crippen LogP contribution is -2.04. The van der Waals surface area contributed by atoms with Gasteiger partial charge in [0.05, 0.1) is 5.56 Å². The lowest BCUT2D eigenvalue weighted by molar-refractivity contribution is 0.0696. The molecule has 0 aromatic heterocycles. The molecule has 1 N–H and O–H groups in total. The number of hydrogen-bond acceptors (Lipinski definition) is 5. The van der Waals surface area contributed by atoms with E-state index in [1.807, 2.05) is 40.6 Å². The lowest BCUT2D eigenvalue weighted by Gasteiger charge is -2.16. The van der Waals surface area contributed by atoms with Gasteiger partial charge in [-0.1, -0.05) is 90.8 Å². The van der Waals surface area contributed by atoms with Crippen molar-refractivity contribution in [3.8, 4) is 0 Å². The van der Waals surface area contributed by atoms with E-state index in [-0.39, 0.29) is 4.75 Å². The Bertz CT molecular complexity index is 502. The van der Waals surface area contributed by atoms with E-state index >= 15 is 0 Å². The van der Waals surface area contributed by atoms with Gasteiger partial charge in [0.15, 0.2) is 0 Å². The predicted octanol–water partition coefficient (Wildman–Crippen LogP) is 7.03. The molecule has 0 unspecified atom stereocenters. The van der Waals surface area contributed by atoms with Gasteiger partial charge in [0, 0.05) is 14.4 Å². The first-order valence-corrected chi connectivity index (χ1v) is 12.0. The summed E-state index contributed by atoms with van der Waals surface area (Å²) in [7, 11) is 7.09. The zero-order valence-electron chi connectivity index (χ0n) is 15.2. The summed E-state index contributed by atoms with van der Waals surface area (Å²) in [6.07, 6.45) is 2.11. The average Bonchev–Trinajstić information content (AvgIpc) is 2.35. The Morgan fingerprint density at radius 1 is 1.00 bits per heavy atom. The lowest BCUT2D eigenvalue weighted by atomic mass is 10.1. The second-order valence-electron chi connectivity index (χ2n) is 6.92. The van der Waals surface area contributed by atoms with Crippen LogP contribution >= 0.6 is 43.2 Å². The van der Waals surface area contributed by atoms with Crippen molar-refractivity contribution in [2.24, 2.45) is 0 Å². The van der Waals surface area contributed by atoms with E-state index in [4.69, 9.17) is 5.11 Å². The molecule has 0 atom stereocenters. The van der Waals surface area contributed by atoms with Crippen LogP contribution < -0.4 is 0 Å². The third kappa shape index (κ3) is 12.1. The molecule has 0 bridgehead atoms. The van der Waals surface area contributed by atoms with E-state index in [1.165, 1.54) is 0 Å². The van der Waals surface area contributed by atoms with Gasteiger partial charge in [-0.3, -0.25) is 0 Å². The normalized spacial score (nSPS) is 11.7. The van der Waals surface area contributed by atoms with Crippen molar-refractivity contribution >= 4 is 49.1 Å². The molecule has 2 nitrogen and oxygen atoms in total. The monoisotopic (exact) mass is 392 g/mol. The largest absolute Gasteiger partial charge is 0.478 e. The van der Waals surface area contributed by atoms with Gasteiger partial charge in [-0.15, -0.1) is 0 Å². The summed E-state index contributed by atoms with van der Waals surface area (Å²) in [4.78, 5) is 11.9. The molecule has 0 amide bonds. The Labute approximate surface area is 157 Å². The van der Waals surface area contributed by atoms with E-state index in [9.17, 15) is 4.79 Å². The number of carboxylic acids is 1. The molecule has 23 heavy (non-hydrogen) atoms. The molecule has 1 rings (SSSR count). The topological polar surface area (TPSA) is 37.3 Å². The number of benzene rings is 1. The van der Waals surface area contributed by atoms with Crippen LogP contribution in [0, 0.1) is 6.92 Å². The molecule has 132 valence electrons. The number of carbonyl (C=O) groups is 1. The maximum Gasteiger partial charge on any atom is 0.335 e. The molecule has 0 radical (unpaired) electrons. The second-order valence-corrected chi connectivity index (χ2v) is 13.2. The summed E-state index contributed by atoms with van der Waals surface area (Å²) < 4.78 is 0.596. The van der Waals surface area contributed by atoms with Crippen molar-refractivity contribution in [1.29, 1.82) is 0 Å². The van der Waals surface area contributed by atoms with Crippen LogP contribution in [-0.4, -0.2) is 26.8 Å². The van der Waals surface area contributed by atoms with Gasteiger partial charge < -0.3 is 5.11 Å². The highest BCUT2D eigenvalue weighted by molar-refractivity contribution is 8.77. The number of rotatable bonds is 4. The fraction of sp³-hybridized carbons (Fsp3) is 0.588. The van der Waals surface area contributed by atoms with Crippen molar-refractivity contribution in [2.75, 3.05) is 6.26 Å². The Morgan fingerprint density at radius 2 is 1.52 bits per heavy atom. The van der Waals surface area contributed by atoms with Crippen LogP contribution in [0.15, 0.2) is 23.1 Å². The highest BCUT2D eigenvalue weighted by Crippen LogP contribution is 2.40. The Hall–Kier alpha value is 0.0900. The Kier molecular flexibility index (Phi) is 10.2. The quantitative estimate of drug-likeness (QED) is 0.554. The zero-order chi connectivity index (χ0) is 18.3.